The van der Waals surface area contributed by atoms with Crippen molar-refractivity contribution >= 4 is 17.6 Å². The summed E-state index contributed by atoms with van der Waals surface area (Å²) in [6.07, 6.45) is 1.98. The fourth-order valence-corrected chi connectivity index (χ4v) is 3.36. The molecule has 1 aliphatic rings. The Balaban J connectivity index is 1.75. The maximum atomic E-state index is 13.0. The van der Waals surface area contributed by atoms with Crippen LogP contribution in [0, 0.1) is 0 Å². The molecule has 0 saturated carbocycles. The molecule has 2 aromatic carbocycles. The zero-order valence-corrected chi connectivity index (χ0v) is 15.2. The van der Waals surface area contributed by atoms with Gasteiger partial charge in [-0.25, -0.2) is 4.79 Å². The average molecular weight is 351 g/mol. The first-order valence-electron chi connectivity index (χ1n) is 9.08. The van der Waals surface area contributed by atoms with E-state index < -0.39 is 0 Å². The predicted octanol–water partition coefficient (Wildman–Crippen LogP) is 4.19. The summed E-state index contributed by atoms with van der Waals surface area (Å²) in [5, 5.41) is 5.56. The number of likely N-dealkylation sites (tertiary alicyclic amines) is 1. The van der Waals surface area contributed by atoms with Gasteiger partial charge in [0.25, 0.3) is 5.91 Å². The number of carbonyl (C=O) groups is 2. The van der Waals surface area contributed by atoms with Crippen LogP contribution < -0.4 is 10.6 Å². The van der Waals surface area contributed by atoms with Gasteiger partial charge in [0.15, 0.2) is 0 Å². The maximum absolute atomic E-state index is 13.0. The van der Waals surface area contributed by atoms with Gasteiger partial charge in [-0.1, -0.05) is 36.4 Å². The summed E-state index contributed by atoms with van der Waals surface area (Å²) in [7, 11) is 0. The number of rotatable bonds is 4. The number of nitrogens with zero attached hydrogens (tertiary/aromatic N) is 1. The SMILES string of the molecule is CC(C)NC(=O)Nc1cccc(C(=O)N2CCCC2c2ccccc2)c1. The predicted molar refractivity (Wildman–Crippen MR) is 103 cm³/mol. The largest absolute Gasteiger partial charge is 0.336 e. The Morgan fingerprint density at radius 3 is 2.58 bits per heavy atom. The first kappa shape index (κ1) is 18.0. The third-order valence-corrected chi connectivity index (χ3v) is 4.49. The van der Waals surface area contributed by atoms with Crippen LogP contribution in [-0.4, -0.2) is 29.4 Å². The first-order valence-corrected chi connectivity index (χ1v) is 9.08. The number of anilines is 1. The summed E-state index contributed by atoms with van der Waals surface area (Å²) in [5.74, 6) is 0.00395. The maximum Gasteiger partial charge on any atom is 0.319 e. The van der Waals surface area contributed by atoms with E-state index in [1.165, 1.54) is 5.56 Å². The molecule has 0 radical (unpaired) electrons. The summed E-state index contributed by atoms with van der Waals surface area (Å²) in [5.41, 5.74) is 2.38. The van der Waals surface area contributed by atoms with Crippen molar-refractivity contribution in [3.05, 3.63) is 65.7 Å². The van der Waals surface area contributed by atoms with Crippen molar-refractivity contribution in [1.29, 1.82) is 0 Å². The van der Waals surface area contributed by atoms with Crippen molar-refractivity contribution in [2.45, 2.75) is 38.8 Å². The second kappa shape index (κ2) is 8.04. The standard InChI is InChI=1S/C21H25N3O2/c1-15(2)22-21(26)23-18-11-6-10-17(14-18)20(25)24-13-7-12-19(24)16-8-4-3-5-9-16/h3-6,8-11,14-15,19H,7,12-13H2,1-2H3,(H2,22,23,26). The quantitative estimate of drug-likeness (QED) is 0.867. The molecule has 5 heteroatoms. The molecule has 5 nitrogen and oxygen atoms in total. The zero-order valence-electron chi connectivity index (χ0n) is 15.2. The smallest absolute Gasteiger partial charge is 0.319 e. The van der Waals surface area contributed by atoms with E-state index in [0.29, 0.717) is 11.3 Å². The van der Waals surface area contributed by atoms with E-state index >= 15 is 0 Å². The summed E-state index contributed by atoms with van der Waals surface area (Å²) >= 11 is 0. The molecule has 1 atom stereocenters. The van der Waals surface area contributed by atoms with Crippen molar-refractivity contribution in [3.8, 4) is 0 Å². The third kappa shape index (κ3) is 4.23. The fourth-order valence-electron chi connectivity index (χ4n) is 3.36. The van der Waals surface area contributed by atoms with Gasteiger partial charge < -0.3 is 15.5 Å². The molecule has 2 N–H and O–H groups in total. The summed E-state index contributed by atoms with van der Waals surface area (Å²) < 4.78 is 0. The van der Waals surface area contributed by atoms with Crippen molar-refractivity contribution in [3.63, 3.8) is 0 Å². The van der Waals surface area contributed by atoms with E-state index in [4.69, 9.17) is 0 Å². The average Bonchev–Trinajstić information content (AvgIpc) is 3.11. The molecule has 0 bridgehead atoms. The van der Waals surface area contributed by atoms with Crippen LogP contribution >= 0.6 is 0 Å². The Bertz CT molecular complexity index is 774. The second-order valence-electron chi connectivity index (χ2n) is 6.90. The lowest BCUT2D eigenvalue weighted by atomic mass is 10.0. The lowest BCUT2D eigenvalue weighted by Gasteiger charge is -2.25. The summed E-state index contributed by atoms with van der Waals surface area (Å²) in [6, 6.07) is 17.2. The van der Waals surface area contributed by atoms with E-state index in [2.05, 4.69) is 22.8 Å². The highest BCUT2D eigenvalue weighted by Gasteiger charge is 2.30. The Labute approximate surface area is 154 Å². The van der Waals surface area contributed by atoms with Crippen molar-refractivity contribution in [1.82, 2.24) is 10.2 Å². The van der Waals surface area contributed by atoms with Gasteiger partial charge in [-0.2, -0.15) is 0 Å². The zero-order chi connectivity index (χ0) is 18.5. The van der Waals surface area contributed by atoms with Gasteiger partial charge in [-0.15, -0.1) is 0 Å². The Hall–Kier alpha value is -2.82. The fraction of sp³-hybridized carbons (Fsp3) is 0.333. The summed E-state index contributed by atoms with van der Waals surface area (Å²) in [4.78, 5) is 26.9. The van der Waals surface area contributed by atoms with E-state index in [9.17, 15) is 9.59 Å². The lowest BCUT2D eigenvalue weighted by Crippen LogP contribution is -2.34. The minimum absolute atomic E-state index is 0.00395. The van der Waals surface area contributed by atoms with Gasteiger partial charge in [0, 0.05) is 23.8 Å². The molecular weight excluding hydrogens is 326 g/mol. The van der Waals surface area contributed by atoms with Gasteiger partial charge in [0.1, 0.15) is 0 Å². The number of benzene rings is 2. The minimum Gasteiger partial charge on any atom is -0.336 e. The van der Waals surface area contributed by atoms with Crippen LogP contribution in [0.5, 0.6) is 0 Å². The Morgan fingerprint density at radius 2 is 1.85 bits per heavy atom. The third-order valence-electron chi connectivity index (χ3n) is 4.49. The minimum atomic E-state index is -0.270. The number of carbonyl (C=O) groups excluding carboxylic acids is 2. The Morgan fingerprint density at radius 1 is 1.08 bits per heavy atom. The monoisotopic (exact) mass is 351 g/mol. The van der Waals surface area contributed by atoms with Crippen LogP contribution in [0.4, 0.5) is 10.5 Å². The van der Waals surface area contributed by atoms with Gasteiger partial charge in [0.2, 0.25) is 0 Å². The second-order valence-corrected chi connectivity index (χ2v) is 6.90. The van der Waals surface area contributed by atoms with Gasteiger partial charge in [-0.05, 0) is 50.5 Å². The van der Waals surface area contributed by atoms with Gasteiger partial charge >= 0.3 is 6.03 Å². The van der Waals surface area contributed by atoms with Crippen molar-refractivity contribution < 1.29 is 9.59 Å². The number of nitrogens with one attached hydrogen (secondary N) is 2. The van der Waals surface area contributed by atoms with E-state index in [0.717, 1.165) is 19.4 Å². The van der Waals surface area contributed by atoms with E-state index in [-0.39, 0.29) is 24.0 Å². The Kier molecular flexibility index (Phi) is 5.56. The molecule has 1 heterocycles. The molecule has 136 valence electrons. The molecule has 1 fully saturated rings. The van der Waals surface area contributed by atoms with Crippen LogP contribution in [-0.2, 0) is 0 Å². The van der Waals surface area contributed by atoms with Crippen molar-refractivity contribution in [2.75, 3.05) is 11.9 Å². The molecule has 1 unspecified atom stereocenters. The van der Waals surface area contributed by atoms with E-state index in [1.54, 1.807) is 24.3 Å². The molecule has 0 aromatic heterocycles. The van der Waals surface area contributed by atoms with Gasteiger partial charge in [0.05, 0.1) is 6.04 Å². The number of urea groups is 1. The van der Waals surface area contributed by atoms with Crippen LogP contribution in [0.25, 0.3) is 0 Å². The molecule has 0 spiro atoms. The highest BCUT2D eigenvalue weighted by atomic mass is 16.2. The normalized spacial score (nSPS) is 16.6. The van der Waals surface area contributed by atoms with Crippen molar-refractivity contribution in [2.24, 2.45) is 0 Å². The summed E-state index contributed by atoms with van der Waals surface area (Å²) in [6.45, 7) is 4.55. The molecule has 0 aliphatic carbocycles. The molecule has 2 aromatic rings. The number of hydrogen-bond acceptors (Lipinski definition) is 2. The number of hydrogen-bond donors (Lipinski definition) is 2. The lowest BCUT2D eigenvalue weighted by molar-refractivity contribution is 0.0735. The molecule has 3 rings (SSSR count). The van der Waals surface area contributed by atoms with Gasteiger partial charge in [-0.3, -0.25) is 4.79 Å². The van der Waals surface area contributed by atoms with E-state index in [1.807, 2.05) is 36.9 Å². The molecule has 26 heavy (non-hydrogen) atoms. The molecular formula is C21H25N3O2. The van der Waals surface area contributed by atoms with Crippen LogP contribution in [0.3, 0.4) is 0 Å². The molecule has 1 aliphatic heterocycles. The van der Waals surface area contributed by atoms with Crippen LogP contribution in [0.1, 0.15) is 48.7 Å². The molecule has 3 amide bonds. The molecule has 1 saturated heterocycles. The highest BCUT2D eigenvalue weighted by Crippen LogP contribution is 2.33. The topological polar surface area (TPSA) is 61.4 Å². The van der Waals surface area contributed by atoms with Crippen LogP contribution in [0.2, 0.25) is 0 Å². The number of amides is 3. The highest BCUT2D eigenvalue weighted by molar-refractivity contribution is 5.97. The van der Waals surface area contributed by atoms with Crippen LogP contribution in [0.15, 0.2) is 54.6 Å². The first-order chi connectivity index (χ1) is 12.5.